The molecule has 0 aliphatic carbocycles. The second-order valence-electron chi connectivity index (χ2n) is 2.55. The van der Waals surface area contributed by atoms with Crippen LogP contribution >= 0.6 is 20.5 Å². The van der Waals surface area contributed by atoms with Crippen molar-refractivity contribution in [2.45, 2.75) is 6.92 Å². The van der Waals surface area contributed by atoms with E-state index in [1.54, 1.807) is 6.21 Å². The van der Waals surface area contributed by atoms with Gasteiger partial charge in [-0.1, -0.05) is 0 Å². The van der Waals surface area contributed by atoms with E-state index in [1.807, 2.05) is 24.3 Å². The minimum atomic E-state index is -1.99. The molecule has 1 heterocycles. The predicted molar refractivity (Wildman–Crippen MR) is 58.5 cm³/mol. The maximum absolute atomic E-state index is 10.8. The first-order valence-corrected chi connectivity index (χ1v) is 6.72. The Balaban J connectivity index is 2.28. The molecule has 0 aromatic heterocycles. The molecule has 0 N–H and O–H groups in total. The zero-order valence-electron chi connectivity index (χ0n) is 7.03. The van der Waals surface area contributed by atoms with Crippen LogP contribution in [-0.2, 0) is 7.86 Å². The standard InChI is InChI=1S/C9H8INO2/c1-7(12)13-10-9-5-3-2-4-8(9)6-11-10/h2-6H,1H3. The van der Waals surface area contributed by atoms with E-state index >= 15 is 0 Å². The van der Waals surface area contributed by atoms with Gasteiger partial charge in [0.25, 0.3) is 0 Å². The molecule has 0 saturated heterocycles. The van der Waals surface area contributed by atoms with Crippen molar-refractivity contribution in [2.75, 3.05) is 0 Å². The minimum absolute atomic E-state index is 0.237. The summed E-state index contributed by atoms with van der Waals surface area (Å²) in [5.74, 6) is -0.237. The summed E-state index contributed by atoms with van der Waals surface area (Å²) in [5, 5.41) is 0. The van der Waals surface area contributed by atoms with Gasteiger partial charge in [0.05, 0.1) is 0 Å². The first kappa shape index (κ1) is 8.68. The van der Waals surface area contributed by atoms with Crippen LogP contribution < -0.4 is 0 Å². The van der Waals surface area contributed by atoms with Crippen molar-refractivity contribution < 1.29 is 7.86 Å². The molecule has 0 unspecified atom stereocenters. The summed E-state index contributed by atoms with van der Waals surface area (Å²) < 4.78 is 10.5. The van der Waals surface area contributed by atoms with Crippen LogP contribution in [0.1, 0.15) is 12.5 Å². The fourth-order valence-electron chi connectivity index (χ4n) is 1.04. The third kappa shape index (κ3) is 1.72. The van der Waals surface area contributed by atoms with Crippen molar-refractivity contribution in [3.05, 3.63) is 33.4 Å². The number of fused-ring (bicyclic) bond motifs is 1. The van der Waals surface area contributed by atoms with Crippen LogP contribution in [0.15, 0.2) is 27.5 Å². The Hall–Kier alpha value is -0.910. The van der Waals surface area contributed by atoms with Crippen LogP contribution in [-0.4, -0.2) is 12.2 Å². The second kappa shape index (κ2) is 3.45. The summed E-state index contributed by atoms with van der Waals surface area (Å²) in [4.78, 5) is 10.8. The van der Waals surface area contributed by atoms with Crippen molar-refractivity contribution in [3.8, 4) is 0 Å². The van der Waals surface area contributed by atoms with Crippen LogP contribution in [0.2, 0.25) is 0 Å². The SMILES string of the molecule is CC(=O)OI1N=Cc2ccccc21. The van der Waals surface area contributed by atoms with E-state index in [-0.39, 0.29) is 5.97 Å². The molecular weight excluding hydrogens is 281 g/mol. The number of hydrogen-bond acceptors (Lipinski definition) is 3. The number of carbonyl (C=O) groups excluding carboxylic acids is 1. The van der Waals surface area contributed by atoms with Crippen LogP contribution in [0.4, 0.5) is 0 Å². The summed E-state index contributed by atoms with van der Waals surface area (Å²) in [6, 6.07) is 7.87. The predicted octanol–water partition coefficient (Wildman–Crippen LogP) is 2.19. The molecule has 0 fully saturated rings. The van der Waals surface area contributed by atoms with E-state index in [4.69, 9.17) is 3.07 Å². The third-order valence-corrected chi connectivity index (χ3v) is 5.34. The Morgan fingerprint density at radius 2 is 2.23 bits per heavy atom. The summed E-state index contributed by atoms with van der Waals surface area (Å²) in [5.41, 5.74) is 1.09. The van der Waals surface area contributed by atoms with Gasteiger partial charge in [-0.2, -0.15) is 0 Å². The van der Waals surface area contributed by atoms with Gasteiger partial charge in [-0.3, -0.25) is 0 Å². The van der Waals surface area contributed by atoms with E-state index in [0.29, 0.717) is 0 Å². The average Bonchev–Trinajstić information content (AvgIpc) is 2.48. The van der Waals surface area contributed by atoms with Gasteiger partial charge in [-0.15, -0.1) is 0 Å². The summed E-state index contributed by atoms with van der Waals surface area (Å²) in [6.45, 7) is 1.42. The number of nitrogens with zero attached hydrogens (tertiary/aromatic N) is 1. The first-order chi connectivity index (χ1) is 6.27. The van der Waals surface area contributed by atoms with Crippen molar-refractivity contribution in [3.63, 3.8) is 0 Å². The van der Waals surface area contributed by atoms with Gasteiger partial charge in [0.1, 0.15) is 0 Å². The molecule has 0 radical (unpaired) electrons. The molecule has 3 nitrogen and oxygen atoms in total. The molecular formula is C9H8INO2. The molecule has 4 heteroatoms. The van der Waals surface area contributed by atoms with E-state index in [0.717, 1.165) is 9.13 Å². The number of rotatable bonds is 1. The molecule has 1 aromatic rings. The molecule has 0 bridgehead atoms. The molecule has 0 amide bonds. The van der Waals surface area contributed by atoms with Gasteiger partial charge >= 0.3 is 84.1 Å². The monoisotopic (exact) mass is 289 g/mol. The van der Waals surface area contributed by atoms with Crippen LogP contribution in [0.3, 0.4) is 0 Å². The Labute approximate surface area is 84.1 Å². The molecule has 0 spiro atoms. The van der Waals surface area contributed by atoms with Crippen molar-refractivity contribution >= 4 is 32.7 Å². The second-order valence-corrected chi connectivity index (χ2v) is 6.02. The molecule has 0 saturated carbocycles. The Morgan fingerprint density at radius 3 is 3.00 bits per heavy atom. The van der Waals surface area contributed by atoms with E-state index < -0.39 is 20.5 Å². The molecule has 1 aliphatic heterocycles. The maximum atomic E-state index is 10.8. The summed E-state index contributed by atoms with van der Waals surface area (Å²) >= 11 is -1.99. The van der Waals surface area contributed by atoms with E-state index in [2.05, 4.69) is 3.21 Å². The van der Waals surface area contributed by atoms with Crippen LogP contribution in [0.25, 0.3) is 0 Å². The zero-order valence-corrected chi connectivity index (χ0v) is 9.19. The summed E-state index contributed by atoms with van der Waals surface area (Å²) in [7, 11) is 0. The van der Waals surface area contributed by atoms with E-state index in [1.165, 1.54) is 6.92 Å². The molecule has 68 valence electrons. The zero-order chi connectivity index (χ0) is 9.26. The van der Waals surface area contributed by atoms with E-state index in [9.17, 15) is 4.79 Å². The van der Waals surface area contributed by atoms with Gasteiger partial charge in [0.15, 0.2) is 0 Å². The quantitative estimate of drug-likeness (QED) is 0.743. The summed E-state index contributed by atoms with van der Waals surface area (Å²) in [6.07, 6.45) is 1.79. The number of hydrogen-bond donors (Lipinski definition) is 0. The molecule has 1 aromatic carbocycles. The van der Waals surface area contributed by atoms with Gasteiger partial charge in [-0.25, -0.2) is 0 Å². The van der Waals surface area contributed by atoms with Gasteiger partial charge in [0.2, 0.25) is 0 Å². The van der Waals surface area contributed by atoms with Gasteiger partial charge < -0.3 is 0 Å². The number of benzene rings is 1. The van der Waals surface area contributed by atoms with Crippen molar-refractivity contribution in [1.82, 2.24) is 0 Å². The molecule has 2 rings (SSSR count). The average molecular weight is 289 g/mol. The molecule has 1 aliphatic rings. The fraction of sp³-hybridized carbons (Fsp3) is 0.111. The van der Waals surface area contributed by atoms with Crippen molar-refractivity contribution in [1.29, 1.82) is 0 Å². The Morgan fingerprint density at radius 1 is 1.46 bits per heavy atom. The topological polar surface area (TPSA) is 38.7 Å². The molecule has 0 atom stereocenters. The van der Waals surface area contributed by atoms with Crippen LogP contribution in [0, 0.1) is 3.57 Å². The third-order valence-electron chi connectivity index (χ3n) is 1.54. The Kier molecular flexibility index (Phi) is 2.30. The number of halogens is 1. The van der Waals surface area contributed by atoms with Gasteiger partial charge in [-0.05, 0) is 0 Å². The van der Waals surface area contributed by atoms with Crippen molar-refractivity contribution in [2.24, 2.45) is 3.21 Å². The first-order valence-electron chi connectivity index (χ1n) is 3.79. The van der Waals surface area contributed by atoms with Crippen LogP contribution in [0.5, 0.6) is 0 Å². The fourth-order valence-corrected chi connectivity index (χ4v) is 4.20. The normalized spacial score (nSPS) is 15.6. The number of carbonyl (C=O) groups is 1. The van der Waals surface area contributed by atoms with Gasteiger partial charge in [0, 0.05) is 0 Å². The Bertz CT molecular complexity index is 376. The molecule has 13 heavy (non-hydrogen) atoms.